The van der Waals surface area contributed by atoms with Crippen molar-refractivity contribution in [3.63, 3.8) is 0 Å². The van der Waals surface area contributed by atoms with Gasteiger partial charge in [0.25, 0.3) is 0 Å². The summed E-state index contributed by atoms with van der Waals surface area (Å²) in [7, 11) is 0. The molecule has 4 heteroatoms. The number of esters is 1. The van der Waals surface area contributed by atoms with Crippen LogP contribution >= 0.6 is 0 Å². The second-order valence-corrected chi connectivity index (χ2v) is 13.6. The van der Waals surface area contributed by atoms with E-state index in [0.29, 0.717) is 40.9 Å². The van der Waals surface area contributed by atoms with E-state index in [2.05, 4.69) is 34.6 Å². The second-order valence-electron chi connectivity index (χ2n) is 13.6. The van der Waals surface area contributed by atoms with E-state index in [-0.39, 0.29) is 22.4 Å². The molecule has 0 amide bonds. The van der Waals surface area contributed by atoms with Crippen LogP contribution in [0.5, 0.6) is 0 Å². The Kier molecular flexibility index (Phi) is 3.99. The summed E-state index contributed by atoms with van der Waals surface area (Å²) in [6.45, 7) is 12.7. The van der Waals surface area contributed by atoms with Crippen molar-refractivity contribution < 1.29 is 19.4 Å². The number of hydrogen-bond acceptors (Lipinski definition) is 4. The summed E-state index contributed by atoms with van der Waals surface area (Å²) in [6, 6.07) is 0. The minimum Gasteiger partial charge on any atom is -0.459 e. The molecule has 3 heterocycles. The zero-order chi connectivity index (χ0) is 22.1. The lowest BCUT2D eigenvalue weighted by molar-refractivity contribution is -0.399. The standard InChI is InChI=1S/C27H42O4/c1-22(2)19-9-12-24(4)20(26(19)14-15-27(22,29)30-16-26)7-6-17-18(8-11-23(17,24)3)25(5)13-10-21(28)31-25/h17-20,29H,6-16H2,1-5H3. The largest absolute Gasteiger partial charge is 0.459 e. The average Bonchev–Trinajstić information content (AvgIpc) is 3.24. The molecule has 1 spiro atoms. The Morgan fingerprint density at radius 3 is 2.19 bits per heavy atom. The van der Waals surface area contributed by atoms with Gasteiger partial charge < -0.3 is 14.6 Å². The van der Waals surface area contributed by atoms with Gasteiger partial charge in [0.05, 0.1) is 6.61 Å². The van der Waals surface area contributed by atoms with Crippen LogP contribution in [0.3, 0.4) is 0 Å². The van der Waals surface area contributed by atoms with Gasteiger partial charge in [-0.3, -0.25) is 4.79 Å². The van der Waals surface area contributed by atoms with Crippen LogP contribution in [0, 0.1) is 45.3 Å². The van der Waals surface area contributed by atoms with Gasteiger partial charge in [-0.2, -0.15) is 0 Å². The summed E-state index contributed by atoms with van der Waals surface area (Å²) in [6.07, 6.45) is 10.9. The first-order valence-electron chi connectivity index (χ1n) is 13.0. The normalized spacial score (nSPS) is 59.6. The van der Waals surface area contributed by atoms with E-state index in [4.69, 9.17) is 9.47 Å². The third-order valence-electron chi connectivity index (χ3n) is 12.8. The van der Waals surface area contributed by atoms with Gasteiger partial charge in [-0.15, -0.1) is 0 Å². The van der Waals surface area contributed by atoms with Gasteiger partial charge in [-0.05, 0) is 86.9 Å². The van der Waals surface area contributed by atoms with E-state index >= 15 is 0 Å². The van der Waals surface area contributed by atoms with Crippen LogP contribution in [-0.4, -0.2) is 29.1 Å². The molecule has 9 atom stereocenters. The highest BCUT2D eigenvalue weighted by atomic mass is 16.6. The molecule has 0 aromatic rings. The molecule has 4 nitrogen and oxygen atoms in total. The van der Waals surface area contributed by atoms with Crippen molar-refractivity contribution in [2.45, 2.75) is 110 Å². The van der Waals surface area contributed by atoms with Crippen molar-refractivity contribution in [1.29, 1.82) is 0 Å². The van der Waals surface area contributed by atoms with Gasteiger partial charge >= 0.3 is 5.97 Å². The lowest BCUT2D eigenvalue weighted by atomic mass is 9.34. The Morgan fingerprint density at radius 2 is 1.55 bits per heavy atom. The van der Waals surface area contributed by atoms with Gasteiger partial charge in [0.15, 0.2) is 5.79 Å². The van der Waals surface area contributed by atoms with Crippen molar-refractivity contribution in [1.82, 2.24) is 0 Å². The highest BCUT2D eigenvalue weighted by Crippen LogP contribution is 2.78. The van der Waals surface area contributed by atoms with E-state index in [1.54, 1.807) is 0 Å². The highest BCUT2D eigenvalue weighted by Gasteiger charge is 2.74. The minimum atomic E-state index is -0.937. The number of carbonyl (C=O) groups excluding carboxylic acids is 1. The maximum absolute atomic E-state index is 12.0. The van der Waals surface area contributed by atoms with Crippen molar-refractivity contribution in [3.8, 4) is 0 Å². The predicted octanol–water partition coefficient (Wildman–Crippen LogP) is 5.47. The molecule has 3 aliphatic heterocycles. The molecule has 7 aliphatic rings. The van der Waals surface area contributed by atoms with E-state index in [0.717, 1.165) is 25.9 Å². The third-order valence-corrected chi connectivity index (χ3v) is 12.8. The van der Waals surface area contributed by atoms with Crippen LogP contribution in [0.4, 0.5) is 0 Å². The number of cyclic esters (lactones) is 1. The quantitative estimate of drug-likeness (QED) is 0.561. The topological polar surface area (TPSA) is 55.8 Å². The Bertz CT molecular complexity index is 810. The molecule has 0 aromatic heterocycles. The number of aliphatic hydroxyl groups is 1. The number of fused-ring (bicyclic) bond motifs is 5. The Balaban J connectivity index is 1.37. The Hall–Kier alpha value is -0.610. The fraction of sp³-hybridized carbons (Fsp3) is 0.963. The fourth-order valence-electron chi connectivity index (χ4n) is 10.8. The highest BCUT2D eigenvalue weighted by molar-refractivity contribution is 5.72. The Labute approximate surface area is 187 Å². The van der Waals surface area contributed by atoms with Gasteiger partial charge in [0.2, 0.25) is 0 Å². The second kappa shape index (κ2) is 5.90. The van der Waals surface area contributed by atoms with Gasteiger partial charge in [-0.1, -0.05) is 27.7 Å². The Morgan fingerprint density at radius 1 is 0.806 bits per heavy atom. The van der Waals surface area contributed by atoms with Crippen LogP contribution in [0.25, 0.3) is 0 Å². The molecular weight excluding hydrogens is 388 g/mol. The van der Waals surface area contributed by atoms with E-state index in [9.17, 15) is 9.90 Å². The molecule has 0 aromatic carbocycles. The number of ether oxygens (including phenoxy) is 2. The lowest BCUT2D eigenvalue weighted by Gasteiger charge is -2.74. The maximum Gasteiger partial charge on any atom is 0.306 e. The SMILES string of the molecule is CC1(C2CCC3(C)C2CCC2C45CCC(O)(OC4)C(C)(C)C5CCC23C)CCC(=O)O1. The average molecular weight is 431 g/mol. The fourth-order valence-corrected chi connectivity index (χ4v) is 10.8. The summed E-state index contributed by atoms with van der Waals surface area (Å²) < 4.78 is 12.3. The summed E-state index contributed by atoms with van der Waals surface area (Å²) >= 11 is 0. The predicted molar refractivity (Wildman–Crippen MR) is 118 cm³/mol. The van der Waals surface area contributed by atoms with Crippen molar-refractivity contribution in [2.24, 2.45) is 45.3 Å². The number of hydrogen-bond donors (Lipinski definition) is 1. The molecule has 1 N–H and O–H groups in total. The molecular formula is C27H42O4. The first-order valence-corrected chi connectivity index (χ1v) is 13.0. The molecule has 31 heavy (non-hydrogen) atoms. The molecule has 4 aliphatic carbocycles. The van der Waals surface area contributed by atoms with Crippen LogP contribution in [0.1, 0.15) is 98.8 Å². The van der Waals surface area contributed by atoms with Crippen LogP contribution in [-0.2, 0) is 14.3 Å². The number of rotatable bonds is 1. The summed E-state index contributed by atoms with van der Waals surface area (Å²) in [5.41, 5.74) is 0.387. The first-order chi connectivity index (χ1) is 14.4. The summed E-state index contributed by atoms with van der Waals surface area (Å²) in [4.78, 5) is 12.0. The molecule has 7 rings (SSSR count). The molecule has 4 saturated carbocycles. The van der Waals surface area contributed by atoms with Crippen LogP contribution in [0.15, 0.2) is 0 Å². The van der Waals surface area contributed by atoms with E-state index in [1.165, 1.54) is 38.5 Å². The maximum atomic E-state index is 12.0. The van der Waals surface area contributed by atoms with Crippen LogP contribution in [0.2, 0.25) is 0 Å². The molecule has 7 fully saturated rings. The molecule has 2 bridgehead atoms. The molecule has 3 saturated heterocycles. The van der Waals surface area contributed by atoms with Crippen molar-refractivity contribution in [2.75, 3.05) is 6.61 Å². The van der Waals surface area contributed by atoms with E-state index < -0.39 is 5.79 Å². The van der Waals surface area contributed by atoms with Crippen molar-refractivity contribution in [3.05, 3.63) is 0 Å². The first kappa shape index (κ1) is 21.0. The van der Waals surface area contributed by atoms with Gasteiger partial charge in [0.1, 0.15) is 5.60 Å². The van der Waals surface area contributed by atoms with E-state index in [1.807, 2.05) is 0 Å². The minimum absolute atomic E-state index is 0.00618. The molecule has 0 radical (unpaired) electrons. The lowest BCUT2D eigenvalue weighted by Crippen LogP contribution is -2.73. The number of carbonyl (C=O) groups is 1. The monoisotopic (exact) mass is 430 g/mol. The zero-order valence-corrected chi connectivity index (χ0v) is 20.3. The zero-order valence-electron chi connectivity index (χ0n) is 20.3. The smallest absolute Gasteiger partial charge is 0.306 e. The van der Waals surface area contributed by atoms with Crippen LogP contribution < -0.4 is 0 Å². The molecule has 174 valence electrons. The molecule has 9 unspecified atom stereocenters. The van der Waals surface area contributed by atoms with Gasteiger partial charge in [-0.25, -0.2) is 0 Å². The summed E-state index contributed by atoms with van der Waals surface area (Å²) in [5.74, 6) is 1.45. The summed E-state index contributed by atoms with van der Waals surface area (Å²) in [5, 5.41) is 11.3. The third kappa shape index (κ3) is 2.23. The van der Waals surface area contributed by atoms with Gasteiger partial charge in [0, 0.05) is 29.6 Å². The van der Waals surface area contributed by atoms with Crippen molar-refractivity contribution >= 4 is 5.97 Å².